The Morgan fingerprint density at radius 1 is 1.00 bits per heavy atom. The van der Waals surface area contributed by atoms with Crippen molar-refractivity contribution in [2.45, 2.75) is 33.7 Å². The summed E-state index contributed by atoms with van der Waals surface area (Å²) in [5.41, 5.74) is 3.37. The van der Waals surface area contributed by atoms with E-state index in [0.717, 1.165) is 11.1 Å². The van der Waals surface area contributed by atoms with Gasteiger partial charge in [-0.2, -0.15) is 0 Å². The number of ether oxygens (including phenoxy) is 2. The van der Waals surface area contributed by atoms with Gasteiger partial charge in [0, 0.05) is 11.3 Å². The summed E-state index contributed by atoms with van der Waals surface area (Å²) in [6.45, 7) is 7.59. The Morgan fingerprint density at radius 3 is 2.42 bits per heavy atom. The second-order valence-electron chi connectivity index (χ2n) is 8.70. The minimum Gasteiger partial charge on any atom is -0.507 e. The molecule has 0 bridgehead atoms. The van der Waals surface area contributed by atoms with Gasteiger partial charge in [-0.05, 0) is 86.3 Å². The summed E-state index contributed by atoms with van der Waals surface area (Å²) in [6, 6.07) is 13.8. The lowest BCUT2D eigenvalue weighted by Gasteiger charge is -2.28. The minimum absolute atomic E-state index is 0.0838. The Balaban J connectivity index is 2.01. The Morgan fingerprint density at radius 2 is 1.75 bits per heavy atom. The zero-order valence-corrected chi connectivity index (χ0v) is 20.9. The number of ketones is 1. The lowest BCUT2D eigenvalue weighted by molar-refractivity contribution is -0.132. The highest BCUT2D eigenvalue weighted by Gasteiger charge is 2.47. The molecule has 1 amide bonds. The van der Waals surface area contributed by atoms with Crippen molar-refractivity contribution in [1.82, 2.24) is 0 Å². The van der Waals surface area contributed by atoms with Gasteiger partial charge in [-0.15, -0.1) is 0 Å². The average Bonchev–Trinajstić information content (AvgIpc) is 3.12. The highest BCUT2D eigenvalue weighted by atomic mass is 19.1. The smallest absolute Gasteiger partial charge is 0.300 e. The highest BCUT2D eigenvalue weighted by molar-refractivity contribution is 6.51. The van der Waals surface area contributed by atoms with E-state index in [2.05, 4.69) is 0 Å². The zero-order valence-electron chi connectivity index (χ0n) is 20.9. The van der Waals surface area contributed by atoms with Crippen molar-refractivity contribution in [3.05, 3.63) is 93.8 Å². The van der Waals surface area contributed by atoms with Crippen molar-refractivity contribution >= 4 is 23.1 Å². The van der Waals surface area contributed by atoms with Crippen LogP contribution in [0.1, 0.15) is 40.8 Å². The van der Waals surface area contributed by atoms with Crippen molar-refractivity contribution in [2.24, 2.45) is 0 Å². The normalized spacial score (nSPS) is 16.9. The van der Waals surface area contributed by atoms with E-state index in [-0.39, 0.29) is 16.9 Å². The molecule has 0 spiro atoms. The van der Waals surface area contributed by atoms with Crippen LogP contribution in [0.3, 0.4) is 0 Å². The molecule has 1 aliphatic rings. The predicted octanol–water partition coefficient (Wildman–Crippen LogP) is 5.78. The van der Waals surface area contributed by atoms with Crippen LogP contribution in [0.15, 0.2) is 60.2 Å². The molecule has 0 aromatic heterocycles. The van der Waals surface area contributed by atoms with E-state index in [4.69, 9.17) is 9.47 Å². The summed E-state index contributed by atoms with van der Waals surface area (Å²) < 4.78 is 25.1. The molecule has 1 heterocycles. The van der Waals surface area contributed by atoms with Gasteiger partial charge in [0.1, 0.15) is 11.6 Å². The van der Waals surface area contributed by atoms with Crippen molar-refractivity contribution in [3.63, 3.8) is 0 Å². The number of aliphatic hydroxyl groups excluding tert-OH is 1. The van der Waals surface area contributed by atoms with Crippen LogP contribution >= 0.6 is 0 Å². The van der Waals surface area contributed by atoms with E-state index in [1.165, 1.54) is 30.2 Å². The van der Waals surface area contributed by atoms with Crippen LogP contribution in [0.25, 0.3) is 5.76 Å². The summed E-state index contributed by atoms with van der Waals surface area (Å²) in [4.78, 5) is 28.3. The molecule has 1 N–H and O–H groups in total. The number of aryl methyl sites for hydroxylation is 2. The predicted molar refractivity (Wildman–Crippen MR) is 136 cm³/mol. The number of halogens is 1. The Labute approximate surface area is 209 Å². The van der Waals surface area contributed by atoms with Crippen LogP contribution in [0.5, 0.6) is 11.5 Å². The van der Waals surface area contributed by atoms with Gasteiger partial charge >= 0.3 is 0 Å². The summed E-state index contributed by atoms with van der Waals surface area (Å²) in [5.74, 6) is -1.45. The van der Waals surface area contributed by atoms with Crippen LogP contribution in [-0.2, 0) is 9.59 Å². The number of carbonyl (C=O) groups is 2. The molecule has 0 aliphatic carbocycles. The third-order valence-electron chi connectivity index (χ3n) is 6.51. The van der Waals surface area contributed by atoms with E-state index >= 15 is 0 Å². The number of aliphatic hydroxyl groups is 1. The van der Waals surface area contributed by atoms with Gasteiger partial charge in [-0.3, -0.25) is 14.5 Å². The lowest BCUT2D eigenvalue weighted by atomic mass is 9.94. The maximum Gasteiger partial charge on any atom is 0.300 e. The van der Waals surface area contributed by atoms with E-state index in [1.807, 2.05) is 32.9 Å². The van der Waals surface area contributed by atoms with E-state index in [0.29, 0.717) is 34.9 Å². The molecule has 7 heteroatoms. The highest BCUT2D eigenvalue weighted by Crippen LogP contribution is 2.45. The quantitative estimate of drug-likeness (QED) is 0.270. The van der Waals surface area contributed by atoms with Crippen LogP contribution in [0.2, 0.25) is 0 Å². The SMILES string of the molecule is CCOc1cc(C2/C(=C(\O)c3ccc(F)c(C)c3)C(=O)C(=O)N2c2cccc(C)c2C)ccc1OC. The summed E-state index contributed by atoms with van der Waals surface area (Å²) in [5, 5.41) is 11.3. The number of benzene rings is 3. The Hall–Kier alpha value is -4.13. The molecule has 186 valence electrons. The molecular weight excluding hydrogens is 461 g/mol. The van der Waals surface area contributed by atoms with Crippen molar-refractivity contribution in [1.29, 1.82) is 0 Å². The van der Waals surface area contributed by atoms with Gasteiger partial charge in [0.15, 0.2) is 11.5 Å². The molecular formula is C29H28FNO5. The molecule has 6 nitrogen and oxygen atoms in total. The fraction of sp³-hybridized carbons (Fsp3) is 0.241. The number of carbonyl (C=O) groups excluding carboxylic acids is 2. The van der Waals surface area contributed by atoms with E-state index < -0.39 is 23.5 Å². The topological polar surface area (TPSA) is 76.1 Å². The van der Waals surface area contributed by atoms with Gasteiger partial charge < -0.3 is 14.6 Å². The Bertz CT molecular complexity index is 1390. The number of hydrogen-bond acceptors (Lipinski definition) is 5. The molecule has 4 rings (SSSR count). The van der Waals surface area contributed by atoms with Gasteiger partial charge in [-0.25, -0.2) is 4.39 Å². The second kappa shape index (κ2) is 9.85. The van der Waals surface area contributed by atoms with Crippen LogP contribution in [0, 0.1) is 26.6 Å². The number of amides is 1. The third kappa shape index (κ3) is 4.21. The monoisotopic (exact) mass is 489 g/mol. The number of hydrogen-bond donors (Lipinski definition) is 1. The first kappa shape index (κ1) is 25.0. The number of methoxy groups -OCH3 is 1. The minimum atomic E-state index is -0.944. The molecule has 3 aromatic carbocycles. The van der Waals surface area contributed by atoms with Crippen molar-refractivity contribution < 1.29 is 28.6 Å². The summed E-state index contributed by atoms with van der Waals surface area (Å²) in [6.07, 6.45) is 0. The number of anilines is 1. The lowest BCUT2D eigenvalue weighted by Crippen LogP contribution is -2.30. The largest absolute Gasteiger partial charge is 0.507 e. The van der Waals surface area contributed by atoms with Crippen LogP contribution in [0.4, 0.5) is 10.1 Å². The standard InChI is InChI=1S/C29H28FNO5/c1-6-36-24-15-19(11-13-23(24)35-5)26-25(27(32)20-10-12-21(30)17(3)14-20)28(33)29(34)31(26)22-9-7-8-16(2)18(22)4/h7-15,26,32H,6H2,1-5H3/b27-25+. The molecule has 1 atom stereocenters. The summed E-state index contributed by atoms with van der Waals surface area (Å²) >= 11 is 0. The van der Waals surface area contributed by atoms with Crippen molar-refractivity contribution in [2.75, 3.05) is 18.6 Å². The first-order valence-electron chi connectivity index (χ1n) is 11.6. The van der Waals surface area contributed by atoms with Gasteiger partial charge in [-0.1, -0.05) is 18.2 Å². The average molecular weight is 490 g/mol. The fourth-order valence-electron chi connectivity index (χ4n) is 4.47. The van der Waals surface area contributed by atoms with E-state index in [9.17, 15) is 19.1 Å². The maximum atomic E-state index is 13.9. The van der Waals surface area contributed by atoms with Gasteiger partial charge in [0.25, 0.3) is 11.7 Å². The molecule has 1 unspecified atom stereocenters. The van der Waals surface area contributed by atoms with Crippen LogP contribution in [-0.4, -0.2) is 30.5 Å². The van der Waals surface area contributed by atoms with Crippen molar-refractivity contribution in [3.8, 4) is 11.5 Å². The first-order chi connectivity index (χ1) is 17.2. The number of Topliss-reactive ketones (excluding diaryl/α,β-unsaturated/α-hetero) is 1. The van der Waals surface area contributed by atoms with E-state index in [1.54, 1.807) is 31.2 Å². The second-order valence-corrected chi connectivity index (χ2v) is 8.70. The molecule has 0 radical (unpaired) electrons. The number of rotatable bonds is 6. The van der Waals surface area contributed by atoms with Crippen LogP contribution < -0.4 is 14.4 Å². The van der Waals surface area contributed by atoms with Gasteiger partial charge in [0.2, 0.25) is 0 Å². The Kier molecular flexibility index (Phi) is 6.84. The molecule has 0 saturated carbocycles. The molecule has 36 heavy (non-hydrogen) atoms. The molecule has 1 aliphatic heterocycles. The van der Waals surface area contributed by atoms with Gasteiger partial charge in [0.05, 0.1) is 25.3 Å². The maximum absolute atomic E-state index is 13.9. The molecule has 1 saturated heterocycles. The summed E-state index contributed by atoms with van der Waals surface area (Å²) in [7, 11) is 1.52. The molecule has 1 fully saturated rings. The fourth-order valence-corrected chi connectivity index (χ4v) is 4.47. The third-order valence-corrected chi connectivity index (χ3v) is 6.51. The first-order valence-corrected chi connectivity index (χ1v) is 11.6. The number of nitrogens with zero attached hydrogens (tertiary/aromatic N) is 1. The zero-order chi connectivity index (χ0) is 26.1. The molecule has 3 aromatic rings.